The van der Waals surface area contributed by atoms with E-state index in [9.17, 15) is 0 Å². The Kier molecular flexibility index (Phi) is 5.63. The molecule has 0 aromatic heterocycles. The van der Waals surface area contributed by atoms with E-state index in [-0.39, 0.29) is 4.70 Å². The third-order valence-corrected chi connectivity index (χ3v) is 5.56. The second-order valence-corrected chi connectivity index (χ2v) is 6.62. The van der Waals surface area contributed by atoms with Crippen molar-refractivity contribution in [2.75, 3.05) is 0 Å². The molecule has 2 heteroatoms. The van der Waals surface area contributed by atoms with Crippen LogP contribution in [-0.4, -0.2) is 8.80 Å². The standard InChI is InChI=1S/C10H16Si.FH/c1-3-11(4-2)10-8-6-5-7-9-10;/h5-9,11H,3-4H2,1-2H3;1H. The Morgan fingerprint density at radius 1 is 1.00 bits per heavy atom. The van der Waals surface area contributed by atoms with Gasteiger partial charge in [-0.25, -0.2) is 0 Å². The highest BCUT2D eigenvalue weighted by Gasteiger charge is 2.06. The van der Waals surface area contributed by atoms with E-state index in [4.69, 9.17) is 0 Å². The molecule has 0 radical (unpaired) electrons. The summed E-state index contributed by atoms with van der Waals surface area (Å²) in [5.41, 5.74) is 0. The molecule has 0 bridgehead atoms. The van der Waals surface area contributed by atoms with Crippen molar-refractivity contribution in [1.29, 1.82) is 0 Å². The predicted molar refractivity (Wildman–Crippen MR) is 56.7 cm³/mol. The minimum atomic E-state index is -0.550. The van der Waals surface area contributed by atoms with E-state index in [1.807, 2.05) is 0 Å². The lowest BCUT2D eigenvalue weighted by molar-refractivity contribution is 1.11. The van der Waals surface area contributed by atoms with Crippen molar-refractivity contribution < 1.29 is 4.70 Å². The van der Waals surface area contributed by atoms with E-state index in [2.05, 4.69) is 44.2 Å². The number of hydrogen-bond acceptors (Lipinski definition) is 0. The quantitative estimate of drug-likeness (QED) is 0.632. The lowest BCUT2D eigenvalue weighted by atomic mass is 10.4. The zero-order valence-corrected chi connectivity index (χ0v) is 8.94. The number of hydrogen-bond donors (Lipinski definition) is 0. The first-order valence-electron chi connectivity index (χ1n) is 4.43. The first kappa shape index (κ1) is 11.4. The van der Waals surface area contributed by atoms with Gasteiger partial charge in [-0.05, 0) is 0 Å². The largest absolute Gasteiger partial charge is 0.269 e. The van der Waals surface area contributed by atoms with Crippen molar-refractivity contribution in [2.24, 2.45) is 0 Å². The molecule has 68 valence electrons. The van der Waals surface area contributed by atoms with Gasteiger partial charge in [0.25, 0.3) is 0 Å². The molecule has 0 aliphatic carbocycles. The Hall–Kier alpha value is -0.633. The van der Waals surface area contributed by atoms with E-state index < -0.39 is 8.80 Å². The summed E-state index contributed by atoms with van der Waals surface area (Å²) in [6.07, 6.45) is 0. The maximum atomic E-state index is 2.31. The van der Waals surface area contributed by atoms with Gasteiger partial charge in [0.1, 0.15) is 0 Å². The molecule has 0 atom stereocenters. The maximum absolute atomic E-state index is 2.31. The van der Waals surface area contributed by atoms with E-state index in [0.29, 0.717) is 0 Å². The summed E-state index contributed by atoms with van der Waals surface area (Å²) in [6.45, 7) is 4.63. The van der Waals surface area contributed by atoms with Crippen molar-refractivity contribution in [3.8, 4) is 0 Å². The Morgan fingerprint density at radius 2 is 1.50 bits per heavy atom. The lowest BCUT2D eigenvalue weighted by Crippen LogP contribution is -2.27. The van der Waals surface area contributed by atoms with Crippen molar-refractivity contribution in [3.63, 3.8) is 0 Å². The van der Waals surface area contributed by atoms with Gasteiger partial charge in [-0.1, -0.05) is 61.5 Å². The summed E-state index contributed by atoms with van der Waals surface area (Å²) in [5.74, 6) is 0. The van der Waals surface area contributed by atoms with Gasteiger partial charge in [0, 0.05) is 0 Å². The van der Waals surface area contributed by atoms with Crippen LogP contribution in [0.2, 0.25) is 12.1 Å². The van der Waals surface area contributed by atoms with Crippen LogP contribution in [0.25, 0.3) is 0 Å². The maximum Gasteiger partial charge on any atom is 0.0702 e. The molecule has 0 saturated heterocycles. The summed E-state index contributed by atoms with van der Waals surface area (Å²) in [6, 6.07) is 13.7. The molecular formula is C10H17FSi. The number of rotatable bonds is 3. The van der Waals surface area contributed by atoms with E-state index in [1.54, 1.807) is 5.19 Å². The molecule has 0 nitrogen and oxygen atoms in total. The molecule has 0 aliphatic heterocycles. The molecule has 0 heterocycles. The van der Waals surface area contributed by atoms with E-state index in [0.717, 1.165) is 0 Å². The summed E-state index contributed by atoms with van der Waals surface area (Å²) < 4.78 is 0. The summed E-state index contributed by atoms with van der Waals surface area (Å²) in [7, 11) is -0.550. The van der Waals surface area contributed by atoms with Crippen molar-refractivity contribution in [2.45, 2.75) is 25.9 Å². The highest BCUT2D eigenvalue weighted by molar-refractivity contribution is 6.73. The van der Waals surface area contributed by atoms with Gasteiger partial charge < -0.3 is 0 Å². The highest BCUT2D eigenvalue weighted by atomic mass is 28.3. The highest BCUT2D eigenvalue weighted by Crippen LogP contribution is 1.98. The zero-order valence-electron chi connectivity index (χ0n) is 7.79. The summed E-state index contributed by atoms with van der Waals surface area (Å²) in [4.78, 5) is 0. The zero-order chi connectivity index (χ0) is 8.10. The average molecular weight is 184 g/mol. The SMILES string of the molecule is CC[SiH](CC)c1ccccc1.F. The van der Waals surface area contributed by atoms with Gasteiger partial charge in [0.2, 0.25) is 0 Å². The van der Waals surface area contributed by atoms with Gasteiger partial charge in [-0.2, -0.15) is 0 Å². The van der Waals surface area contributed by atoms with Gasteiger partial charge in [0.15, 0.2) is 0 Å². The topological polar surface area (TPSA) is 0 Å². The molecule has 0 amide bonds. The minimum Gasteiger partial charge on any atom is -0.269 e. The van der Waals surface area contributed by atoms with Crippen LogP contribution in [0.4, 0.5) is 4.70 Å². The third kappa shape index (κ3) is 2.78. The molecular weight excluding hydrogens is 167 g/mol. The summed E-state index contributed by atoms with van der Waals surface area (Å²) >= 11 is 0. The van der Waals surface area contributed by atoms with Crippen molar-refractivity contribution in [3.05, 3.63) is 30.3 Å². The molecule has 1 aromatic carbocycles. The molecule has 0 saturated carbocycles. The Labute approximate surface area is 75.6 Å². The first-order valence-corrected chi connectivity index (χ1v) is 6.64. The molecule has 0 fully saturated rings. The summed E-state index contributed by atoms with van der Waals surface area (Å²) in [5, 5.41) is 1.62. The predicted octanol–water partition coefficient (Wildman–Crippen LogP) is 2.31. The molecule has 0 spiro atoms. The molecule has 0 unspecified atom stereocenters. The van der Waals surface area contributed by atoms with Crippen LogP contribution in [-0.2, 0) is 0 Å². The fourth-order valence-electron chi connectivity index (χ4n) is 1.49. The Bertz CT molecular complexity index is 194. The molecule has 0 aliphatic rings. The Balaban J connectivity index is 0.00000121. The minimum absolute atomic E-state index is 0. The van der Waals surface area contributed by atoms with E-state index in [1.165, 1.54) is 12.1 Å². The van der Waals surface area contributed by atoms with Crippen LogP contribution in [0.3, 0.4) is 0 Å². The van der Waals surface area contributed by atoms with Crippen LogP contribution in [0, 0.1) is 0 Å². The molecule has 12 heavy (non-hydrogen) atoms. The first-order chi connectivity index (χ1) is 5.38. The number of halogens is 1. The molecule has 0 N–H and O–H groups in total. The second kappa shape index (κ2) is 5.95. The van der Waals surface area contributed by atoms with Gasteiger partial charge in [0.05, 0.1) is 8.80 Å². The lowest BCUT2D eigenvalue weighted by Gasteiger charge is -2.09. The van der Waals surface area contributed by atoms with Crippen LogP contribution < -0.4 is 5.19 Å². The normalized spacial score (nSPS) is 9.58. The van der Waals surface area contributed by atoms with E-state index >= 15 is 0 Å². The third-order valence-electron chi connectivity index (χ3n) is 2.26. The van der Waals surface area contributed by atoms with Gasteiger partial charge >= 0.3 is 0 Å². The molecule has 1 aromatic rings. The van der Waals surface area contributed by atoms with Crippen LogP contribution >= 0.6 is 0 Å². The van der Waals surface area contributed by atoms with Crippen molar-refractivity contribution >= 4 is 14.0 Å². The smallest absolute Gasteiger partial charge is 0.0702 e. The van der Waals surface area contributed by atoms with Crippen molar-refractivity contribution in [1.82, 2.24) is 0 Å². The average Bonchev–Trinajstić information content (AvgIpc) is 2.09. The fourth-order valence-corrected chi connectivity index (χ4v) is 3.77. The second-order valence-electron chi connectivity index (χ2n) is 2.92. The number of benzene rings is 1. The van der Waals surface area contributed by atoms with Gasteiger partial charge in [-0.3, -0.25) is 4.70 Å². The van der Waals surface area contributed by atoms with Crippen LogP contribution in [0.15, 0.2) is 30.3 Å². The van der Waals surface area contributed by atoms with Crippen LogP contribution in [0.1, 0.15) is 13.8 Å². The molecule has 1 rings (SSSR count). The van der Waals surface area contributed by atoms with Crippen LogP contribution in [0.5, 0.6) is 0 Å². The fraction of sp³-hybridized carbons (Fsp3) is 0.400. The van der Waals surface area contributed by atoms with Gasteiger partial charge in [-0.15, -0.1) is 0 Å². The monoisotopic (exact) mass is 184 g/mol. The Morgan fingerprint density at radius 3 is 1.92 bits per heavy atom.